The van der Waals surface area contributed by atoms with Crippen molar-refractivity contribution >= 4 is 16.4 Å². The lowest BCUT2D eigenvalue weighted by Crippen LogP contribution is -2.40. The second kappa shape index (κ2) is 13.5. The van der Waals surface area contributed by atoms with Crippen molar-refractivity contribution in [2.45, 2.75) is 135 Å². The van der Waals surface area contributed by atoms with Gasteiger partial charge in [-0.25, -0.2) is 4.98 Å². The first-order valence-corrected chi connectivity index (χ1v) is 20.6. The molecule has 210 valence electrons. The van der Waals surface area contributed by atoms with Crippen LogP contribution in [0.15, 0.2) is 6.20 Å². The van der Waals surface area contributed by atoms with E-state index in [2.05, 4.69) is 71.2 Å². The molecule has 1 fully saturated rings. The first-order valence-electron chi connectivity index (χ1n) is 14.0. The van der Waals surface area contributed by atoms with E-state index in [9.17, 15) is 0 Å². The minimum Gasteiger partial charge on any atom is -0.411 e. The van der Waals surface area contributed by atoms with E-state index in [1.54, 1.807) is 0 Å². The molecule has 0 bridgehead atoms. The monoisotopic (exact) mass is 541 g/mol. The molecular weight excluding hydrogens is 486 g/mol. The number of hydrogen-bond donors (Lipinski definition) is 1. The molecule has 1 saturated heterocycles. The van der Waals surface area contributed by atoms with Crippen LogP contribution in [0.2, 0.25) is 43.8 Å². The Morgan fingerprint density at radius 1 is 1.11 bits per heavy atom. The highest BCUT2D eigenvalue weighted by Crippen LogP contribution is 2.37. The van der Waals surface area contributed by atoms with Gasteiger partial charge in [-0.3, -0.25) is 0 Å². The Hall–Kier alpha value is -0.556. The van der Waals surface area contributed by atoms with Crippen LogP contribution in [0.3, 0.4) is 0 Å². The molecule has 0 saturated carbocycles. The number of nitrogens with zero attached hydrogens (tertiary/aromatic N) is 2. The first-order chi connectivity index (χ1) is 16.7. The number of hydrogen-bond acceptors (Lipinski definition) is 6. The summed E-state index contributed by atoms with van der Waals surface area (Å²) in [6.45, 7) is 23.8. The highest BCUT2D eigenvalue weighted by molar-refractivity contribution is 6.76. The highest BCUT2D eigenvalue weighted by atomic mass is 28.4. The van der Waals surface area contributed by atoms with Crippen LogP contribution in [-0.2, 0) is 32.0 Å². The van der Waals surface area contributed by atoms with Gasteiger partial charge in [0.15, 0.2) is 14.1 Å². The Morgan fingerprint density at radius 2 is 1.78 bits per heavy atom. The maximum atomic E-state index is 6.68. The van der Waals surface area contributed by atoms with Crippen molar-refractivity contribution < 1.29 is 18.6 Å². The van der Waals surface area contributed by atoms with E-state index in [0.717, 1.165) is 62.7 Å². The number of imidazole rings is 1. The first kappa shape index (κ1) is 31.7. The molecule has 0 spiro atoms. The van der Waals surface area contributed by atoms with Crippen LogP contribution in [0, 0.1) is 0 Å². The van der Waals surface area contributed by atoms with Gasteiger partial charge in [0.1, 0.15) is 12.6 Å². The fourth-order valence-corrected chi connectivity index (χ4v) is 5.75. The lowest BCUT2D eigenvalue weighted by molar-refractivity contribution is -0.164. The molecule has 0 amide bonds. The zero-order valence-electron chi connectivity index (χ0n) is 24.7. The van der Waals surface area contributed by atoms with E-state index in [-0.39, 0.29) is 16.9 Å². The lowest BCUT2D eigenvalue weighted by atomic mass is 10.0. The van der Waals surface area contributed by atoms with Gasteiger partial charge in [-0.2, -0.15) is 0 Å². The quantitative estimate of drug-likeness (QED) is 0.183. The Morgan fingerprint density at radius 3 is 2.36 bits per heavy atom. The van der Waals surface area contributed by atoms with Gasteiger partial charge in [0.05, 0.1) is 31.6 Å². The van der Waals surface area contributed by atoms with Crippen molar-refractivity contribution in [3.05, 3.63) is 17.7 Å². The average Bonchev–Trinajstić information content (AvgIpc) is 3.41. The molecule has 1 unspecified atom stereocenters. The lowest BCUT2D eigenvalue weighted by Gasteiger charge is -2.35. The smallest absolute Gasteiger partial charge is 0.192 e. The van der Waals surface area contributed by atoms with Gasteiger partial charge in [0.25, 0.3) is 0 Å². The Kier molecular flexibility index (Phi) is 11.9. The van der Waals surface area contributed by atoms with E-state index >= 15 is 0 Å². The molecule has 0 aromatic carbocycles. The van der Waals surface area contributed by atoms with E-state index < -0.39 is 16.4 Å². The van der Waals surface area contributed by atoms with Crippen LogP contribution >= 0.6 is 0 Å². The number of rotatable bonds is 16. The predicted octanol–water partition coefficient (Wildman–Crippen LogP) is 6.82. The van der Waals surface area contributed by atoms with Crippen LogP contribution in [0.25, 0.3) is 0 Å². The molecule has 2 N–H and O–H groups in total. The summed E-state index contributed by atoms with van der Waals surface area (Å²) in [5.41, 5.74) is 7.62. The molecular formula is C27H55N3O4Si2. The second-order valence-electron chi connectivity index (χ2n) is 13.1. The normalized spacial score (nSPS) is 17.6. The van der Waals surface area contributed by atoms with Gasteiger partial charge in [-0.1, -0.05) is 60.2 Å². The summed E-state index contributed by atoms with van der Waals surface area (Å²) in [4.78, 5) is 4.93. The van der Waals surface area contributed by atoms with Crippen molar-refractivity contribution in [3.8, 4) is 0 Å². The summed E-state index contributed by atoms with van der Waals surface area (Å²) >= 11 is 0. The third-order valence-electron chi connectivity index (χ3n) is 7.73. The molecule has 1 aromatic heterocycles. The van der Waals surface area contributed by atoms with Crippen molar-refractivity contribution in [2.24, 2.45) is 5.73 Å². The summed E-state index contributed by atoms with van der Waals surface area (Å²) in [5.74, 6) is 0.550. The zero-order valence-corrected chi connectivity index (χ0v) is 26.7. The minimum absolute atomic E-state index is 0.119. The molecule has 1 atom stereocenters. The van der Waals surface area contributed by atoms with Gasteiger partial charge < -0.3 is 28.9 Å². The Balaban J connectivity index is 1.95. The topological polar surface area (TPSA) is 80.8 Å². The maximum absolute atomic E-state index is 6.68. The van der Waals surface area contributed by atoms with Gasteiger partial charge in [-0.05, 0) is 43.4 Å². The molecule has 1 aromatic rings. The average molecular weight is 542 g/mol. The predicted molar refractivity (Wildman–Crippen MR) is 153 cm³/mol. The largest absolute Gasteiger partial charge is 0.411 e. The zero-order chi connectivity index (χ0) is 27.0. The molecule has 0 radical (unpaired) electrons. The molecule has 2 rings (SSSR count). The molecule has 1 aliphatic rings. The SMILES string of the molecule is CCC1(CCCCCC(N)c2nc(CO[Si](C)(C)C(C)(C)C)cn2COCC[Si](C)(C)C)OCCO1. The van der Waals surface area contributed by atoms with Crippen LogP contribution in [0.5, 0.6) is 0 Å². The van der Waals surface area contributed by atoms with Gasteiger partial charge in [0, 0.05) is 27.3 Å². The summed E-state index contributed by atoms with van der Waals surface area (Å²) in [6, 6.07) is 1.03. The third kappa shape index (κ3) is 9.96. The highest BCUT2D eigenvalue weighted by Gasteiger charge is 2.37. The summed E-state index contributed by atoms with van der Waals surface area (Å²) in [5, 5.41) is 0.166. The summed E-state index contributed by atoms with van der Waals surface area (Å²) in [6.07, 6.45) is 8.08. The standard InChI is InChI=1S/C27H55N3O4Si2/c1-10-27(32-16-17-33-27)15-13-11-12-14-24(28)25-29-23(21-34-36(8,9)26(2,3)4)20-30(25)22-31-18-19-35(5,6)7/h20,24H,10-19,21-22,28H2,1-9H3. The van der Waals surface area contributed by atoms with Gasteiger partial charge in [-0.15, -0.1) is 0 Å². The summed E-state index contributed by atoms with van der Waals surface area (Å²) in [7, 11) is -2.98. The number of aromatic nitrogens is 2. The fourth-order valence-electron chi connectivity index (χ4n) is 4.05. The van der Waals surface area contributed by atoms with E-state index in [0.29, 0.717) is 26.6 Å². The van der Waals surface area contributed by atoms with Crippen LogP contribution in [0.1, 0.15) is 83.8 Å². The van der Waals surface area contributed by atoms with Crippen molar-refractivity contribution in [2.75, 3.05) is 19.8 Å². The number of ether oxygens (including phenoxy) is 3. The fraction of sp³-hybridized carbons (Fsp3) is 0.889. The molecule has 36 heavy (non-hydrogen) atoms. The van der Waals surface area contributed by atoms with Crippen molar-refractivity contribution in [3.63, 3.8) is 0 Å². The van der Waals surface area contributed by atoms with Crippen LogP contribution in [0.4, 0.5) is 0 Å². The van der Waals surface area contributed by atoms with Crippen LogP contribution < -0.4 is 5.73 Å². The molecule has 1 aliphatic heterocycles. The maximum Gasteiger partial charge on any atom is 0.192 e. The number of unbranched alkanes of at least 4 members (excludes halogenated alkanes) is 2. The van der Waals surface area contributed by atoms with E-state index in [1.165, 1.54) is 0 Å². The number of nitrogens with two attached hydrogens (primary N) is 1. The molecule has 0 aliphatic carbocycles. The molecule has 9 heteroatoms. The van der Waals surface area contributed by atoms with Gasteiger partial charge >= 0.3 is 0 Å². The van der Waals surface area contributed by atoms with Gasteiger partial charge in [0.2, 0.25) is 0 Å². The third-order valence-corrected chi connectivity index (χ3v) is 13.9. The van der Waals surface area contributed by atoms with E-state index in [4.69, 9.17) is 29.4 Å². The van der Waals surface area contributed by atoms with Crippen molar-refractivity contribution in [1.82, 2.24) is 9.55 Å². The summed E-state index contributed by atoms with van der Waals surface area (Å²) < 4.78 is 26.3. The second-order valence-corrected chi connectivity index (χ2v) is 23.6. The molecule has 2 heterocycles. The van der Waals surface area contributed by atoms with Crippen LogP contribution in [-0.4, -0.2) is 51.6 Å². The minimum atomic E-state index is -1.85. The van der Waals surface area contributed by atoms with E-state index in [1.807, 2.05) is 0 Å². The Labute approximate surface area is 223 Å². The van der Waals surface area contributed by atoms with Crippen molar-refractivity contribution in [1.29, 1.82) is 0 Å². The molecule has 7 nitrogen and oxygen atoms in total. The Bertz CT molecular complexity index is 781.